The predicted molar refractivity (Wildman–Crippen MR) is 53.1 cm³/mol. The van der Waals surface area contributed by atoms with Gasteiger partial charge in [-0.2, -0.15) is 0 Å². The molecule has 1 aliphatic heterocycles. The number of benzene rings is 1. The second-order valence-corrected chi connectivity index (χ2v) is 3.31. The third-order valence-electron chi connectivity index (χ3n) is 1.98. The summed E-state index contributed by atoms with van der Waals surface area (Å²) >= 11 is 5.62. The maximum absolute atomic E-state index is 12.6. The van der Waals surface area contributed by atoms with E-state index in [4.69, 9.17) is 16.4 Å². The maximum atomic E-state index is 12.6. The summed E-state index contributed by atoms with van der Waals surface area (Å²) in [7, 11) is 0. The molecule has 0 spiro atoms. The maximum Gasteiger partial charge on any atom is 0.123 e. The van der Waals surface area contributed by atoms with Crippen molar-refractivity contribution in [3.63, 3.8) is 0 Å². The van der Waals surface area contributed by atoms with Crippen LogP contribution in [-0.4, -0.2) is 12.0 Å². The lowest BCUT2D eigenvalue weighted by Gasteiger charge is -2.03. The van der Waals surface area contributed by atoms with Gasteiger partial charge in [0.15, 0.2) is 0 Å². The Morgan fingerprint density at radius 2 is 2.07 bits per heavy atom. The van der Waals surface area contributed by atoms with E-state index in [0.717, 1.165) is 11.3 Å². The van der Waals surface area contributed by atoms with Crippen molar-refractivity contribution in [3.8, 4) is 0 Å². The van der Waals surface area contributed by atoms with Crippen LogP contribution in [-0.2, 0) is 4.84 Å². The fraction of sp³-hybridized carbons (Fsp3) is 0.200. The van der Waals surface area contributed by atoms with E-state index < -0.39 is 0 Å². The number of rotatable bonds is 2. The smallest absolute Gasteiger partial charge is 0.123 e. The predicted octanol–water partition coefficient (Wildman–Crippen LogP) is 2.31. The van der Waals surface area contributed by atoms with Gasteiger partial charge in [0.25, 0.3) is 0 Å². The van der Waals surface area contributed by atoms with Crippen molar-refractivity contribution in [2.24, 2.45) is 0 Å². The third kappa shape index (κ3) is 1.89. The minimum atomic E-state index is -0.248. The van der Waals surface area contributed by atoms with Crippen LogP contribution in [0.1, 0.15) is 5.56 Å². The Balaban J connectivity index is 2.20. The average molecular weight is 214 g/mol. The second kappa shape index (κ2) is 3.98. The Kier molecular flexibility index (Phi) is 2.70. The van der Waals surface area contributed by atoms with Gasteiger partial charge in [-0.05, 0) is 35.9 Å². The van der Waals surface area contributed by atoms with Crippen LogP contribution >= 0.6 is 11.6 Å². The zero-order valence-corrected chi connectivity index (χ0v) is 8.09. The molecular weight excluding hydrogens is 205 g/mol. The highest BCUT2D eigenvalue weighted by Gasteiger charge is 2.15. The molecule has 2 rings (SSSR count). The van der Waals surface area contributed by atoms with Crippen LogP contribution in [0.5, 0.6) is 0 Å². The largest absolute Gasteiger partial charge is 0.267 e. The number of halogens is 2. The molecule has 0 bridgehead atoms. The van der Waals surface area contributed by atoms with Gasteiger partial charge in [0.05, 0.1) is 11.6 Å². The third-order valence-corrected chi connectivity index (χ3v) is 2.28. The van der Waals surface area contributed by atoms with E-state index in [-0.39, 0.29) is 11.9 Å². The van der Waals surface area contributed by atoms with Crippen LogP contribution in [0.15, 0.2) is 30.3 Å². The highest BCUT2D eigenvalue weighted by Crippen LogP contribution is 2.18. The van der Waals surface area contributed by atoms with Crippen LogP contribution in [0.3, 0.4) is 0 Å². The summed E-state index contributed by atoms with van der Waals surface area (Å²) in [6.45, 7) is 0. The number of alkyl halides is 1. The van der Waals surface area contributed by atoms with Gasteiger partial charge in [-0.1, -0.05) is 0 Å². The van der Waals surface area contributed by atoms with E-state index in [1.165, 1.54) is 12.1 Å². The zero-order chi connectivity index (χ0) is 9.97. The minimum Gasteiger partial charge on any atom is -0.267 e. The van der Waals surface area contributed by atoms with Crippen LogP contribution in [0.4, 0.5) is 4.39 Å². The van der Waals surface area contributed by atoms with Crippen LogP contribution < -0.4 is 5.48 Å². The summed E-state index contributed by atoms with van der Waals surface area (Å²) in [5.74, 6) is 0.152. The molecule has 0 unspecified atom stereocenters. The quantitative estimate of drug-likeness (QED) is 0.762. The van der Waals surface area contributed by atoms with Crippen LogP contribution in [0.25, 0.3) is 5.70 Å². The molecule has 14 heavy (non-hydrogen) atoms. The highest BCUT2D eigenvalue weighted by molar-refractivity contribution is 6.18. The highest BCUT2D eigenvalue weighted by atomic mass is 35.5. The molecule has 1 heterocycles. The molecule has 0 saturated heterocycles. The molecule has 0 fully saturated rings. The van der Waals surface area contributed by atoms with E-state index in [2.05, 4.69) is 5.48 Å². The number of nitrogens with one attached hydrogen (secondary N) is 1. The zero-order valence-electron chi connectivity index (χ0n) is 7.34. The summed E-state index contributed by atoms with van der Waals surface area (Å²) in [5, 5.41) is 0. The first-order chi connectivity index (χ1) is 6.79. The van der Waals surface area contributed by atoms with E-state index in [0.29, 0.717) is 5.88 Å². The van der Waals surface area contributed by atoms with Crippen LogP contribution in [0, 0.1) is 5.82 Å². The Labute approximate surface area is 86.3 Å². The van der Waals surface area contributed by atoms with Crippen molar-refractivity contribution in [3.05, 3.63) is 41.7 Å². The normalized spacial score (nSPS) is 20.4. The Morgan fingerprint density at radius 1 is 1.36 bits per heavy atom. The molecule has 1 N–H and O–H groups in total. The standard InChI is InChI=1S/C10H9ClFNO/c11-6-9-5-10(13-14-9)7-1-3-8(12)4-2-7/h1-5,9,13H,6H2/t9-/m1/s1. The Hall–Kier alpha value is -1.06. The first-order valence-electron chi connectivity index (χ1n) is 4.25. The summed E-state index contributed by atoms with van der Waals surface area (Å²) in [6, 6.07) is 6.19. The summed E-state index contributed by atoms with van der Waals surface area (Å²) < 4.78 is 12.6. The molecule has 1 aliphatic rings. The molecule has 4 heteroatoms. The molecule has 1 atom stereocenters. The van der Waals surface area contributed by atoms with E-state index in [1.807, 2.05) is 6.08 Å². The fourth-order valence-corrected chi connectivity index (χ4v) is 1.41. The first-order valence-corrected chi connectivity index (χ1v) is 4.78. The van der Waals surface area contributed by atoms with Crippen LogP contribution in [0.2, 0.25) is 0 Å². The molecule has 1 aromatic carbocycles. The Morgan fingerprint density at radius 3 is 2.64 bits per heavy atom. The lowest BCUT2D eigenvalue weighted by atomic mass is 10.1. The van der Waals surface area contributed by atoms with Gasteiger partial charge in [-0.3, -0.25) is 10.3 Å². The Bertz CT molecular complexity index is 350. The van der Waals surface area contributed by atoms with Crippen molar-refractivity contribution >= 4 is 17.3 Å². The van der Waals surface area contributed by atoms with Crippen molar-refractivity contribution in [1.82, 2.24) is 5.48 Å². The second-order valence-electron chi connectivity index (χ2n) is 3.00. The topological polar surface area (TPSA) is 21.3 Å². The molecule has 0 aromatic heterocycles. The van der Waals surface area contributed by atoms with Gasteiger partial charge >= 0.3 is 0 Å². The van der Waals surface area contributed by atoms with Gasteiger partial charge in [-0.25, -0.2) is 4.39 Å². The number of hydrogen-bond acceptors (Lipinski definition) is 2. The molecule has 0 aliphatic carbocycles. The molecule has 0 amide bonds. The minimum absolute atomic E-state index is 0.114. The van der Waals surface area contributed by atoms with Gasteiger partial charge < -0.3 is 0 Å². The monoisotopic (exact) mass is 213 g/mol. The summed E-state index contributed by atoms with van der Waals surface area (Å²) in [5.41, 5.74) is 4.46. The summed E-state index contributed by atoms with van der Waals surface area (Å²) in [4.78, 5) is 5.13. The lowest BCUT2D eigenvalue weighted by Crippen LogP contribution is -2.12. The lowest BCUT2D eigenvalue weighted by molar-refractivity contribution is 0.0644. The van der Waals surface area contributed by atoms with E-state index in [1.54, 1.807) is 12.1 Å². The van der Waals surface area contributed by atoms with E-state index in [9.17, 15) is 4.39 Å². The number of hydroxylamine groups is 1. The van der Waals surface area contributed by atoms with Gasteiger partial charge in [-0.15, -0.1) is 11.6 Å². The van der Waals surface area contributed by atoms with Gasteiger partial charge in [0.2, 0.25) is 0 Å². The fourth-order valence-electron chi connectivity index (χ4n) is 1.25. The van der Waals surface area contributed by atoms with Gasteiger partial charge in [0.1, 0.15) is 11.9 Å². The first kappa shape index (κ1) is 9.49. The van der Waals surface area contributed by atoms with Crippen molar-refractivity contribution in [2.45, 2.75) is 6.10 Å². The van der Waals surface area contributed by atoms with Crippen molar-refractivity contribution < 1.29 is 9.23 Å². The summed E-state index contributed by atoms with van der Waals surface area (Å²) in [6.07, 6.45) is 1.76. The molecule has 0 radical (unpaired) electrons. The average Bonchev–Trinajstić information content (AvgIpc) is 2.67. The molecule has 0 saturated carbocycles. The molecular formula is C10H9ClFNO. The van der Waals surface area contributed by atoms with E-state index >= 15 is 0 Å². The molecule has 1 aromatic rings. The van der Waals surface area contributed by atoms with Gasteiger partial charge in [0, 0.05) is 0 Å². The SMILES string of the molecule is Fc1ccc(C2=C[C@H](CCl)ON2)cc1. The molecule has 74 valence electrons. The van der Waals surface area contributed by atoms with Crippen molar-refractivity contribution in [2.75, 3.05) is 5.88 Å². The van der Waals surface area contributed by atoms with Crippen molar-refractivity contribution in [1.29, 1.82) is 0 Å². The molecule has 2 nitrogen and oxygen atoms in total. The number of hydrogen-bond donors (Lipinski definition) is 1.